The van der Waals surface area contributed by atoms with Gasteiger partial charge in [-0.05, 0) is 47.5 Å². The van der Waals surface area contributed by atoms with Crippen molar-refractivity contribution in [2.24, 2.45) is 0 Å². The summed E-state index contributed by atoms with van der Waals surface area (Å²) in [5.41, 5.74) is 2.60. The number of sulfone groups is 1. The van der Waals surface area contributed by atoms with Gasteiger partial charge in [-0.3, -0.25) is 19.5 Å². The highest BCUT2D eigenvalue weighted by atomic mass is 32.2. The summed E-state index contributed by atoms with van der Waals surface area (Å²) in [4.78, 5) is 33.0. The number of carbonyl (C=O) groups excluding carboxylic acids is 2. The minimum atomic E-state index is -3.63. The fraction of sp³-hybridized carbons (Fsp3) is 0.258. The largest absolute Gasteiger partial charge is 0.493 e. The zero-order chi connectivity index (χ0) is 29.0. The molecule has 1 saturated heterocycles. The van der Waals surface area contributed by atoms with Crippen LogP contribution in [-0.4, -0.2) is 68.4 Å². The molecular weight excluding hydrogens is 542 g/mol. The molecule has 0 saturated carbocycles. The van der Waals surface area contributed by atoms with Gasteiger partial charge in [-0.1, -0.05) is 36.4 Å². The Bertz CT molecular complexity index is 1670. The Morgan fingerprint density at radius 1 is 0.878 bits per heavy atom. The minimum Gasteiger partial charge on any atom is -0.493 e. The van der Waals surface area contributed by atoms with E-state index >= 15 is 0 Å². The minimum absolute atomic E-state index is 0.0790. The third-order valence-corrected chi connectivity index (χ3v) is 8.75. The second kappa shape index (κ2) is 12.1. The molecule has 10 heteroatoms. The second-order valence-corrected chi connectivity index (χ2v) is 11.9. The fourth-order valence-corrected chi connectivity index (χ4v) is 6.51. The maximum absolute atomic E-state index is 13.2. The van der Waals surface area contributed by atoms with Crippen LogP contribution in [-0.2, 0) is 26.9 Å². The van der Waals surface area contributed by atoms with Crippen LogP contribution in [0.15, 0.2) is 83.9 Å². The number of rotatable bonds is 8. The summed E-state index contributed by atoms with van der Waals surface area (Å²) in [6.45, 7) is 4.58. The lowest BCUT2D eigenvalue weighted by atomic mass is 10.1. The number of ether oxygens (including phenoxy) is 2. The number of pyridine rings is 1. The van der Waals surface area contributed by atoms with Crippen LogP contribution in [0.2, 0.25) is 0 Å². The first-order valence-corrected chi connectivity index (χ1v) is 14.9. The van der Waals surface area contributed by atoms with Gasteiger partial charge in [-0.25, -0.2) is 8.42 Å². The number of amides is 1. The van der Waals surface area contributed by atoms with Crippen molar-refractivity contribution in [2.45, 2.75) is 24.1 Å². The first-order valence-electron chi connectivity index (χ1n) is 13.3. The van der Waals surface area contributed by atoms with Crippen LogP contribution in [0.25, 0.3) is 10.9 Å². The van der Waals surface area contributed by atoms with Crippen molar-refractivity contribution in [1.82, 2.24) is 14.8 Å². The van der Waals surface area contributed by atoms with E-state index in [1.54, 1.807) is 54.7 Å². The Balaban J connectivity index is 1.18. The third kappa shape index (κ3) is 6.55. The van der Waals surface area contributed by atoms with Crippen LogP contribution in [0.4, 0.5) is 0 Å². The predicted octanol–water partition coefficient (Wildman–Crippen LogP) is 4.10. The van der Waals surface area contributed by atoms with Gasteiger partial charge in [0.2, 0.25) is 0 Å². The van der Waals surface area contributed by atoms with E-state index in [1.807, 2.05) is 29.2 Å². The lowest BCUT2D eigenvalue weighted by Crippen LogP contribution is -2.48. The molecule has 9 nitrogen and oxygen atoms in total. The molecule has 0 aliphatic carbocycles. The van der Waals surface area contributed by atoms with Crippen LogP contribution in [0.3, 0.4) is 0 Å². The standard InChI is InChI=1S/C31H31N3O6S/c1-22(35)40-27-13-10-24(19-28(27)39-2)20-33-15-17-34(18-16-33)31(36)26-11-8-23(9-12-26)21-41(37,38)29-7-3-5-25-6-4-14-32-30(25)29/h3-14,19H,15-18,20-21H2,1-2H3. The lowest BCUT2D eigenvalue weighted by Gasteiger charge is -2.35. The molecule has 0 unspecified atom stereocenters. The highest BCUT2D eigenvalue weighted by Gasteiger charge is 2.24. The summed E-state index contributed by atoms with van der Waals surface area (Å²) in [7, 11) is -2.10. The third-order valence-electron chi connectivity index (χ3n) is 7.04. The highest BCUT2D eigenvalue weighted by molar-refractivity contribution is 7.90. The van der Waals surface area contributed by atoms with E-state index in [-0.39, 0.29) is 16.6 Å². The van der Waals surface area contributed by atoms with E-state index in [2.05, 4.69) is 9.88 Å². The zero-order valence-electron chi connectivity index (χ0n) is 22.9. The van der Waals surface area contributed by atoms with E-state index in [0.29, 0.717) is 60.9 Å². The SMILES string of the molecule is COc1cc(CN2CCN(C(=O)c3ccc(CS(=O)(=O)c4cccc5cccnc45)cc3)CC2)ccc1OC(C)=O. The van der Waals surface area contributed by atoms with E-state index < -0.39 is 15.8 Å². The molecule has 0 radical (unpaired) electrons. The van der Waals surface area contributed by atoms with Crippen molar-refractivity contribution < 1.29 is 27.5 Å². The first kappa shape index (κ1) is 28.3. The summed E-state index contributed by atoms with van der Waals surface area (Å²) >= 11 is 0. The number of para-hydroxylation sites is 1. The van der Waals surface area contributed by atoms with Crippen molar-refractivity contribution in [1.29, 1.82) is 0 Å². The second-order valence-electron chi connectivity index (χ2n) is 9.93. The molecule has 3 aromatic carbocycles. The first-order chi connectivity index (χ1) is 19.7. The van der Waals surface area contributed by atoms with Gasteiger partial charge in [-0.2, -0.15) is 0 Å². The van der Waals surface area contributed by atoms with Crippen molar-refractivity contribution in [3.8, 4) is 11.5 Å². The average Bonchev–Trinajstić information content (AvgIpc) is 2.97. The normalized spacial score (nSPS) is 14.1. The molecule has 41 heavy (non-hydrogen) atoms. The van der Waals surface area contributed by atoms with E-state index in [9.17, 15) is 18.0 Å². The molecule has 0 N–H and O–H groups in total. The molecule has 1 fully saturated rings. The van der Waals surface area contributed by atoms with Crippen LogP contribution in [0, 0.1) is 0 Å². The van der Waals surface area contributed by atoms with Crippen LogP contribution < -0.4 is 9.47 Å². The van der Waals surface area contributed by atoms with Gasteiger partial charge in [0.15, 0.2) is 21.3 Å². The van der Waals surface area contributed by atoms with Gasteiger partial charge in [0, 0.05) is 56.8 Å². The van der Waals surface area contributed by atoms with Gasteiger partial charge in [0.25, 0.3) is 5.91 Å². The van der Waals surface area contributed by atoms with Crippen LogP contribution in [0.5, 0.6) is 11.5 Å². The molecule has 0 spiro atoms. The summed E-state index contributed by atoms with van der Waals surface area (Å²) in [6.07, 6.45) is 1.59. The molecular formula is C31H31N3O6S. The van der Waals surface area contributed by atoms with E-state index in [0.717, 1.165) is 10.9 Å². The van der Waals surface area contributed by atoms with Gasteiger partial charge >= 0.3 is 5.97 Å². The Kier molecular flexibility index (Phi) is 8.32. The number of hydrogen-bond acceptors (Lipinski definition) is 8. The van der Waals surface area contributed by atoms with Crippen molar-refractivity contribution in [3.63, 3.8) is 0 Å². The highest BCUT2D eigenvalue weighted by Crippen LogP contribution is 2.29. The molecule has 212 valence electrons. The number of nitrogens with zero attached hydrogens (tertiary/aromatic N) is 3. The van der Waals surface area contributed by atoms with Crippen molar-refractivity contribution >= 4 is 32.6 Å². The maximum Gasteiger partial charge on any atom is 0.308 e. The maximum atomic E-state index is 13.2. The molecule has 1 aliphatic heterocycles. The number of piperazine rings is 1. The number of carbonyl (C=O) groups is 2. The molecule has 0 bridgehead atoms. The smallest absolute Gasteiger partial charge is 0.308 e. The summed E-state index contributed by atoms with van der Waals surface area (Å²) in [6, 6.07) is 21.0. The fourth-order valence-electron chi connectivity index (χ4n) is 4.97. The predicted molar refractivity (Wildman–Crippen MR) is 155 cm³/mol. The van der Waals surface area contributed by atoms with E-state index in [1.165, 1.54) is 14.0 Å². The topological polar surface area (TPSA) is 106 Å². The lowest BCUT2D eigenvalue weighted by molar-refractivity contribution is -0.132. The van der Waals surface area contributed by atoms with E-state index in [4.69, 9.17) is 9.47 Å². The molecule has 0 atom stereocenters. The molecule has 4 aromatic rings. The Hall–Kier alpha value is -4.28. The van der Waals surface area contributed by atoms with Crippen molar-refractivity contribution in [2.75, 3.05) is 33.3 Å². The Morgan fingerprint density at radius 3 is 2.29 bits per heavy atom. The number of aromatic nitrogens is 1. The van der Waals surface area contributed by atoms with Gasteiger partial charge < -0.3 is 14.4 Å². The summed E-state index contributed by atoms with van der Waals surface area (Å²) < 4.78 is 36.9. The monoisotopic (exact) mass is 573 g/mol. The molecule has 5 rings (SSSR count). The Labute approximate surface area is 239 Å². The zero-order valence-corrected chi connectivity index (χ0v) is 23.8. The number of methoxy groups -OCH3 is 1. The number of benzene rings is 3. The molecule has 2 heterocycles. The number of fused-ring (bicyclic) bond motifs is 1. The van der Waals surface area contributed by atoms with Crippen molar-refractivity contribution in [3.05, 3.63) is 95.7 Å². The Morgan fingerprint density at radius 2 is 1.59 bits per heavy atom. The quantitative estimate of drug-likeness (QED) is 0.229. The van der Waals surface area contributed by atoms with Gasteiger partial charge in [0.1, 0.15) is 0 Å². The number of esters is 1. The molecule has 1 aliphatic rings. The molecule has 1 amide bonds. The summed E-state index contributed by atoms with van der Waals surface area (Å²) in [5.74, 6) is 0.215. The van der Waals surface area contributed by atoms with Crippen LogP contribution >= 0.6 is 0 Å². The van der Waals surface area contributed by atoms with Crippen LogP contribution in [0.1, 0.15) is 28.4 Å². The molecule has 1 aromatic heterocycles. The van der Waals surface area contributed by atoms with Gasteiger partial charge in [-0.15, -0.1) is 0 Å². The summed E-state index contributed by atoms with van der Waals surface area (Å²) in [5, 5.41) is 0.770. The number of hydrogen-bond donors (Lipinski definition) is 0. The average molecular weight is 574 g/mol. The van der Waals surface area contributed by atoms with Gasteiger partial charge in [0.05, 0.1) is 23.3 Å².